The summed E-state index contributed by atoms with van der Waals surface area (Å²) in [5, 5.41) is 4.72. The monoisotopic (exact) mass is 236 g/mol. The maximum absolute atomic E-state index is 4.76. The van der Waals surface area contributed by atoms with Gasteiger partial charge in [0, 0.05) is 10.9 Å². The van der Waals surface area contributed by atoms with Crippen molar-refractivity contribution in [2.75, 3.05) is 0 Å². The lowest BCUT2D eigenvalue weighted by Crippen LogP contribution is -2.26. The molecule has 0 fully saturated rings. The Morgan fingerprint density at radius 2 is 2.12 bits per heavy atom. The molecule has 2 nitrogen and oxygen atoms in total. The second kappa shape index (κ2) is 5.11. The molecule has 2 unspecified atom stereocenters. The van der Waals surface area contributed by atoms with Gasteiger partial charge in [-0.05, 0) is 39.5 Å². The molecule has 1 heterocycles. The number of thiazole rings is 1. The van der Waals surface area contributed by atoms with Crippen molar-refractivity contribution >= 4 is 11.3 Å². The van der Waals surface area contributed by atoms with Gasteiger partial charge in [-0.2, -0.15) is 0 Å². The lowest BCUT2D eigenvalue weighted by Gasteiger charge is -2.14. The number of aromatic nitrogens is 1. The highest BCUT2D eigenvalue weighted by Gasteiger charge is 2.18. The quantitative estimate of drug-likeness (QED) is 0.812. The van der Waals surface area contributed by atoms with E-state index in [2.05, 4.69) is 25.7 Å². The van der Waals surface area contributed by atoms with Crippen molar-refractivity contribution in [2.24, 2.45) is 0 Å². The number of fused-ring (bicyclic) bond motifs is 1. The normalized spacial score (nSPS) is 18.9. The summed E-state index contributed by atoms with van der Waals surface area (Å²) in [4.78, 5) is 6.27. The van der Waals surface area contributed by atoms with Crippen molar-refractivity contribution in [1.82, 2.24) is 10.3 Å². The van der Waals surface area contributed by atoms with Crippen molar-refractivity contribution < 1.29 is 0 Å². The topological polar surface area (TPSA) is 24.9 Å². The third-order valence-corrected chi connectivity index (χ3v) is 4.44. The molecule has 0 aliphatic heterocycles. The zero-order valence-electron chi connectivity index (χ0n) is 10.1. The van der Waals surface area contributed by atoms with Crippen molar-refractivity contribution in [3.63, 3.8) is 0 Å². The Morgan fingerprint density at radius 1 is 1.38 bits per heavy atom. The summed E-state index contributed by atoms with van der Waals surface area (Å²) in [6, 6.07) is 0.680. The molecular weight excluding hydrogens is 216 g/mol. The van der Waals surface area contributed by atoms with Gasteiger partial charge in [-0.25, -0.2) is 4.98 Å². The fourth-order valence-electron chi connectivity index (χ4n) is 2.09. The zero-order chi connectivity index (χ0) is 11.5. The summed E-state index contributed by atoms with van der Waals surface area (Å²) in [6.45, 7) is 8.10. The molecule has 16 heavy (non-hydrogen) atoms. The van der Waals surface area contributed by atoms with Gasteiger partial charge >= 0.3 is 0 Å². The number of hydrogen-bond acceptors (Lipinski definition) is 3. The van der Waals surface area contributed by atoms with Crippen LogP contribution in [0, 0.1) is 0 Å². The largest absolute Gasteiger partial charge is 0.302 e. The van der Waals surface area contributed by atoms with Crippen LogP contribution in [0.15, 0.2) is 12.7 Å². The summed E-state index contributed by atoms with van der Waals surface area (Å²) in [6.07, 6.45) is 6.98. The molecule has 1 aromatic rings. The van der Waals surface area contributed by atoms with E-state index in [1.165, 1.54) is 41.3 Å². The smallest absolute Gasteiger partial charge is 0.110 e. The van der Waals surface area contributed by atoms with Crippen LogP contribution in [0.5, 0.6) is 0 Å². The van der Waals surface area contributed by atoms with E-state index in [1.807, 2.05) is 17.4 Å². The first-order chi connectivity index (χ1) is 7.70. The summed E-state index contributed by atoms with van der Waals surface area (Å²) < 4.78 is 0. The van der Waals surface area contributed by atoms with Crippen LogP contribution in [0.3, 0.4) is 0 Å². The third-order valence-electron chi connectivity index (χ3n) is 3.10. The maximum atomic E-state index is 4.76. The van der Waals surface area contributed by atoms with Crippen LogP contribution in [0.4, 0.5) is 0 Å². The van der Waals surface area contributed by atoms with Gasteiger partial charge in [0.05, 0.1) is 11.7 Å². The molecule has 1 N–H and O–H groups in total. The first-order valence-corrected chi connectivity index (χ1v) is 6.89. The van der Waals surface area contributed by atoms with Crippen molar-refractivity contribution in [3.8, 4) is 0 Å². The van der Waals surface area contributed by atoms with Crippen LogP contribution in [0.2, 0.25) is 0 Å². The van der Waals surface area contributed by atoms with Gasteiger partial charge in [0.2, 0.25) is 0 Å². The Labute approximate surface area is 102 Å². The Morgan fingerprint density at radius 3 is 2.81 bits per heavy atom. The van der Waals surface area contributed by atoms with Crippen LogP contribution < -0.4 is 5.32 Å². The number of nitrogens with one attached hydrogen (secondary N) is 1. The van der Waals surface area contributed by atoms with Crippen molar-refractivity contribution in [2.45, 2.75) is 51.6 Å². The second-order valence-electron chi connectivity index (χ2n) is 4.54. The molecule has 0 bridgehead atoms. The summed E-state index contributed by atoms with van der Waals surface area (Å²) in [7, 11) is 0. The predicted molar refractivity (Wildman–Crippen MR) is 70.0 cm³/mol. The van der Waals surface area contributed by atoms with E-state index < -0.39 is 0 Å². The molecule has 0 saturated carbocycles. The SMILES string of the molecule is C=CC(C)NC(C)c1nc2c(s1)CCCC2. The molecule has 1 aliphatic rings. The second-order valence-corrected chi connectivity index (χ2v) is 5.66. The minimum Gasteiger partial charge on any atom is -0.302 e. The summed E-state index contributed by atoms with van der Waals surface area (Å²) in [5.74, 6) is 0. The van der Waals surface area contributed by atoms with Crippen LogP contribution >= 0.6 is 11.3 Å². The number of aryl methyl sites for hydroxylation is 2. The highest BCUT2D eigenvalue weighted by atomic mass is 32.1. The highest BCUT2D eigenvalue weighted by molar-refractivity contribution is 7.11. The van der Waals surface area contributed by atoms with E-state index in [0.717, 1.165) is 0 Å². The van der Waals surface area contributed by atoms with E-state index in [-0.39, 0.29) is 0 Å². The molecule has 1 aromatic heterocycles. The molecule has 88 valence electrons. The number of nitrogens with zero attached hydrogens (tertiary/aromatic N) is 1. The molecule has 0 spiro atoms. The first kappa shape index (κ1) is 11.8. The van der Waals surface area contributed by atoms with Crippen LogP contribution in [0.25, 0.3) is 0 Å². The standard InChI is InChI=1S/C13H20N2S/c1-4-9(2)14-10(3)13-15-11-7-5-6-8-12(11)16-13/h4,9-10,14H,1,5-8H2,2-3H3. The van der Waals surface area contributed by atoms with E-state index in [0.29, 0.717) is 12.1 Å². The van der Waals surface area contributed by atoms with Gasteiger partial charge in [-0.15, -0.1) is 17.9 Å². The van der Waals surface area contributed by atoms with Crippen LogP contribution in [-0.4, -0.2) is 11.0 Å². The Balaban J connectivity index is 2.08. The summed E-state index contributed by atoms with van der Waals surface area (Å²) >= 11 is 1.89. The molecule has 0 saturated heterocycles. The highest BCUT2D eigenvalue weighted by Crippen LogP contribution is 2.29. The van der Waals surface area contributed by atoms with Gasteiger partial charge in [0.25, 0.3) is 0 Å². The Kier molecular flexibility index (Phi) is 3.77. The lowest BCUT2D eigenvalue weighted by molar-refractivity contribution is 0.533. The molecule has 2 rings (SSSR count). The zero-order valence-corrected chi connectivity index (χ0v) is 10.9. The molecular formula is C13H20N2S. The predicted octanol–water partition coefficient (Wildman–Crippen LogP) is 3.25. The fourth-order valence-corrected chi connectivity index (χ4v) is 3.26. The van der Waals surface area contributed by atoms with E-state index in [9.17, 15) is 0 Å². The Hall–Kier alpha value is -0.670. The Bertz CT molecular complexity index is 347. The van der Waals surface area contributed by atoms with Gasteiger partial charge in [0.1, 0.15) is 5.01 Å². The average Bonchev–Trinajstić information content (AvgIpc) is 2.72. The van der Waals surface area contributed by atoms with Gasteiger partial charge in [0.15, 0.2) is 0 Å². The van der Waals surface area contributed by atoms with Crippen molar-refractivity contribution in [1.29, 1.82) is 0 Å². The van der Waals surface area contributed by atoms with Crippen molar-refractivity contribution in [3.05, 3.63) is 28.2 Å². The lowest BCUT2D eigenvalue weighted by atomic mass is 10.0. The van der Waals surface area contributed by atoms with Crippen LogP contribution in [-0.2, 0) is 12.8 Å². The van der Waals surface area contributed by atoms with E-state index >= 15 is 0 Å². The van der Waals surface area contributed by atoms with Gasteiger partial charge in [-0.1, -0.05) is 6.08 Å². The van der Waals surface area contributed by atoms with E-state index in [4.69, 9.17) is 4.98 Å². The maximum Gasteiger partial charge on any atom is 0.110 e. The summed E-state index contributed by atoms with van der Waals surface area (Å²) in [5.41, 5.74) is 1.35. The molecule has 3 heteroatoms. The minimum atomic E-state index is 0.337. The van der Waals surface area contributed by atoms with Gasteiger partial charge in [-0.3, -0.25) is 0 Å². The molecule has 0 aromatic carbocycles. The number of rotatable bonds is 4. The minimum absolute atomic E-state index is 0.337. The molecule has 0 amide bonds. The molecule has 0 radical (unpaired) electrons. The average molecular weight is 236 g/mol. The molecule has 2 atom stereocenters. The van der Waals surface area contributed by atoms with Gasteiger partial charge < -0.3 is 5.32 Å². The third kappa shape index (κ3) is 2.53. The van der Waals surface area contributed by atoms with Crippen LogP contribution in [0.1, 0.15) is 48.3 Å². The number of hydrogen-bond donors (Lipinski definition) is 1. The van der Waals surface area contributed by atoms with E-state index in [1.54, 1.807) is 0 Å². The molecule has 1 aliphatic carbocycles. The fraction of sp³-hybridized carbons (Fsp3) is 0.615. The first-order valence-electron chi connectivity index (χ1n) is 6.07.